The van der Waals surface area contributed by atoms with Gasteiger partial charge in [-0.3, -0.25) is 0 Å². The monoisotopic (exact) mass is 208 g/mol. The molecule has 0 aromatic rings. The Kier molecular flexibility index (Phi) is 4.41. The molecule has 4 heteroatoms. The molecule has 0 aromatic heterocycles. The van der Waals surface area contributed by atoms with Crippen LogP contribution >= 0.6 is 0 Å². The second-order valence-electron chi connectivity index (χ2n) is 4.26. The predicted molar refractivity (Wildman–Crippen MR) is 56.1 cm³/mol. The quantitative estimate of drug-likeness (QED) is 0.525. The molecule has 0 bridgehead atoms. The first-order chi connectivity index (χ1) is 7.22. The van der Waals surface area contributed by atoms with Crippen LogP contribution < -0.4 is 0 Å². The summed E-state index contributed by atoms with van der Waals surface area (Å²) in [7, 11) is 0. The summed E-state index contributed by atoms with van der Waals surface area (Å²) in [6.45, 7) is 1.85. The maximum absolute atomic E-state index is 10.4. The molecule has 4 nitrogen and oxygen atoms in total. The van der Waals surface area contributed by atoms with Gasteiger partial charge in [-0.15, -0.1) is 0 Å². The third-order valence-corrected chi connectivity index (χ3v) is 3.02. The number of carbonyl (C=O) groups excluding carboxylic acids is 2. The lowest BCUT2D eigenvalue weighted by atomic mass is 9.78. The van der Waals surface area contributed by atoms with Crippen molar-refractivity contribution in [3.05, 3.63) is 0 Å². The van der Waals surface area contributed by atoms with E-state index >= 15 is 0 Å². The lowest BCUT2D eigenvalue weighted by Crippen LogP contribution is -2.32. The highest BCUT2D eigenvalue weighted by Gasteiger charge is 2.33. The molecule has 0 spiro atoms. The molecule has 1 aliphatic carbocycles. The van der Waals surface area contributed by atoms with E-state index in [1.807, 2.05) is 6.92 Å². The second-order valence-corrected chi connectivity index (χ2v) is 4.26. The van der Waals surface area contributed by atoms with Crippen molar-refractivity contribution in [3.63, 3.8) is 0 Å². The van der Waals surface area contributed by atoms with Crippen molar-refractivity contribution in [3.8, 4) is 0 Å². The minimum absolute atomic E-state index is 0.113. The largest absolute Gasteiger partial charge is 0.235 e. The molecule has 0 radical (unpaired) electrons. The maximum atomic E-state index is 10.4. The Balaban J connectivity index is 2.71. The Morgan fingerprint density at radius 3 is 2.40 bits per heavy atom. The van der Waals surface area contributed by atoms with E-state index in [-0.39, 0.29) is 11.6 Å². The summed E-state index contributed by atoms with van der Waals surface area (Å²) < 4.78 is 0. The minimum atomic E-state index is -0.320. The van der Waals surface area contributed by atoms with Crippen LogP contribution in [0.1, 0.15) is 45.4 Å². The van der Waals surface area contributed by atoms with Gasteiger partial charge in [0, 0.05) is 0 Å². The van der Waals surface area contributed by atoms with Gasteiger partial charge in [0.05, 0.1) is 11.6 Å². The Labute approximate surface area is 89.5 Å². The molecule has 82 valence electrons. The first kappa shape index (κ1) is 11.8. The molecule has 1 aliphatic rings. The van der Waals surface area contributed by atoms with Crippen LogP contribution in [-0.2, 0) is 9.59 Å². The number of nitrogens with zero attached hydrogens (tertiary/aromatic N) is 2. The molecular formula is C11H16N2O2. The summed E-state index contributed by atoms with van der Waals surface area (Å²) >= 11 is 0. The lowest BCUT2D eigenvalue weighted by Gasteiger charge is -2.33. The maximum Gasteiger partial charge on any atom is 0.235 e. The predicted octanol–water partition coefficient (Wildman–Crippen LogP) is 2.14. The van der Waals surface area contributed by atoms with Crippen LogP contribution in [0.4, 0.5) is 0 Å². The molecule has 1 rings (SSSR count). The van der Waals surface area contributed by atoms with Gasteiger partial charge in [0.1, 0.15) is 0 Å². The fourth-order valence-electron chi connectivity index (χ4n) is 2.35. The molecule has 0 amide bonds. The SMILES string of the molecule is CC(CC1(N=C=O)CCCCC1)N=C=O. The van der Waals surface area contributed by atoms with Crippen molar-refractivity contribution in [1.29, 1.82) is 0 Å². The van der Waals surface area contributed by atoms with E-state index in [0.717, 1.165) is 25.7 Å². The summed E-state index contributed by atoms with van der Waals surface area (Å²) in [4.78, 5) is 28.1. The topological polar surface area (TPSA) is 58.9 Å². The van der Waals surface area contributed by atoms with Crippen molar-refractivity contribution in [2.45, 2.75) is 57.0 Å². The Bertz CT molecular complexity index is 296. The summed E-state index contributed by atoms with van der Waals surface area (Å²) in [5.41, 5.74) is -0.320. The van der Waals surface area contributed by atoms with E-state index in [1.54, 1.807) is 12.2 Å². The van der Waals surface area contributed by atoms with Crippen LogP contribution in [0.15, 0.2) is 9.98 Å². The average Bonchev–Trinajstić information content (AvgIpc) is 2.19. The molecule has 1 saturated carbocycles. The number of isocyanates is 2. The zero-order valence-corrected chi connectivity index (χ0v) is 9.03. The molecule has 0 aliphatic heterocycles. The first-order valence-corrected chi connectivity index (χ1v) is 5.38. The third-order valence-electron chi connectivity index (χ3n) is 3.02. The number of hydrogen-bond donors (Lipinski definition) is 0. The van der Waals surface area contributed by atoms with E-state index in [1.165, 1.54) is 6.42 Å². The van der Waals surface area contributed by atoms with E-state index in [0.29, 0.717) is 6.42 Å². The smallest absolute Gasteiger partial charge is 0.211 e. The highest BCUT2D eigenvalue weighted by Crippen LogP contribution is 2.35. The molecule has 0 aromatic carbocycles. The van der Waals surface area contributed by atoms with E-state index < -0.39 is 0 Å². The molecular weight excluding hydrogens is 192 g/mol. The fourth-order valence-corrected chi connectivity index (χ4v) is 2.35. The van der Waals surface area contributed by atoms with Crippen LogP contribution in [0, 0.1) is 0 Å². The van der Waals surface area contributed by atoms with Gasteiger partial charge in [-0.25, -0.2) is 14.6 Å². The van der Waals surface area contributed by atoms with E-state index in [9.17, 15) is 9.59 Å². The third kappa shape index (κ3) is 3.43. The van der Waals surface area contributed by atoms with Crippen LogP contribution in [0.2, 0.25) is 0 Å². The van der Waals surface area contributed by atoms with Gasteiger partial charge < -0.3 is 0 Å². The molecule has 1 atom stereocenters. The molecule has 0 N–H and O–H groups in total. The van der Waals surface area contributed by atoms with Gasteiger partial charge in [0.25, 0.3) is 0 Å². The molecule has 0 heterocycles. The van der Waals surface area contributed by atoms with Crippen LogP contribution in [0.25, 0.3) is 0 Å². The van der Waals surface area contributed by atoms with Crippen LogP contribution in [-0.4, -0.2) is 23.7 Å². The highest BCUT2D eigenvalue weighted by atomic mass is 16.1. The van der Waals surface area contributed by atoms with Crippen LogP contribution in [0.3, 0.4) is 0 Å². The molecule has 1 unspecified atom stereocenters. The number of rotatable bonds is 4. The Hall–Kier alpha value is -1.24. The summed E-state index contributed by atoms with van der Waals surface area (Å²) in [5, 5.41) is 0. The normalized spacial score (nSPS) is 20.9. The average molecular weight is 208 g/mol. The Morgan fingerprint density at radius 2 is 1.87 bits per heavy atom. The lowest BCUT2D eigenvalue weighted by molar-refractivity contribution is 0.267. The summed E-state index contributed by atoms with van der Waals surface area (Å²) in [5.74, 6) is 0. The molecule has 15 heavy (non-hydrogen) atoms. The molecule has 0 saturated heterocycles. The Morgan fingerprint density at radius 1 is 1.20 bits per heavy atom. The van der Waals surface area contributed by atoms with Crippen LogP contribution in [0.5, 0.6) is 0 Å². The van der Waals surface area contributed by atoms with Crippen molar-refractivity contribution >= 4 is 12.2 Å². The van der Waals surface area contributed by atoms with Gasteiger partial charge >= 0.3 is 0 Å². The van der Waals surface area contributed by atoms with Crippen molar-refractivity contribution < 1.29 is 9.59 Å². The van der Waals surface area contributed by atoms with E-state index in [2.05, 4.69) is 9.98 Å². The number of aliphatic imine (C=N–C) groups is 2. The van der Waals surface area contributed by atoms with E-state index in [4.69, 9.17) is 0 Å². The first-order valence-electron chi connectivity index (χ1n) is 5.38. The minimum Gasteiger partial charge on any atom is -0.211 e. The second kappa shape index (κ2) is 5.59. The van der Waals surface area contributed by atoms with Gasteiger partial charge in [0.15, 0.2) is 0 Å². The summed E-state index contributed by atoms with van der Waals surface area (Å²) in [6, 6.07) is -0.113. The zero-order valence-electron chi connectivity index (χ0n) is 9.03. The highest BCUT2D eigenvalue weighted by molar-refractivity contribution is 5.35. The van der Waals surface area contributed by atoms with Crippen molar-refractivity contribution in [2.75, 3.05) is 0 Å². The standard InChI is InChI=1S/C11H16N2O2/c1-10(12-8-14)7-11(13-9-15)5-3-2-4-6-11/h10H,2-7H2,1H3. The zero-order chi connectivity index (χ0) is 11.1. The van der Waals surface area contributed by atoms with Gasteiger partial charge in [0.2, 0.25) is 12.2 Å². The molecule has 1 fully saturated rings. The fraction of sp³-hybridized carbons (Fsp3) is 0.818. The summed E-state index contributed by atoms with van der Waals surface area (Å²) in [6.07, 6.45) is 9.04. The van der Waals surface area contributed by atoms with Crippen molar-refractivity contribution in [1.82, 2.24) is 0 Å². The van der Waals surface area contributed by atoms with Gasteiger partial charge in [-0.2, -0.15) is 4.99 Å². The van der Waals surface area contributed by atoms with Gasteiger partial charge in [-0.1, -0.05) is 19.3 Å². The van der Waals surface area contributed by atoms with Gasteiger partial charge in [-0.05, 0) is 26.2 Å². The number of hydrogen-bond acceptors (Lipinski definition) is 4. The van der Waals surface area contributed by atoms with Crippen molar-refractivity contribution in [2.24, 2.45) is 9.98 Å².